The first kappa shape index (κ1) is 31.7. The Morgan fingerprint density at radius 2 is 1.34 bits per heavy atom. The van der Waals surface area contributed by atoms with E-state index in [2.05, 4.69) is 16.0 Å². The molecule has 14 nitrogen and oxygen atoms in total. The molecule has 0 rings (SSSR count). The number of unbranched alkanes of at least 4 members (excludes halogenated alkanes) is 1. The van der Waals surface area contributed by atoms with E-state index >= 15 is 0 Å². The summed E-state index contributed by atoms with van der Waals surface area (Å²) >= 11 is 0. The van der Waals surface area contributed by atoms with E-state index in [1.807, 2.05) is 13.8 Å². The minimum atomic E-state index is -1.58. The van der Waals surface area contributed by atoms with Crippen LogP contribution >= 0.6 is 0 Å². The second-order valence-electron chi connectivity index (χ2n) is 8.65. The Morgan fingerprint density at radius 3 is 1.83 bits per heavy atom. The number of hydrogen-bond donors (Lipinski definition) is 8. The molecule has 11 N–H and O–H groups in total. The molecule has 0 aromatic carbocycles. The van der Waals surface area contributed by atoms with Gasteiger partial charge in [-0.1, -0.05) is 13.8 Å². The van der Waals surface area contributed by atoms with Gasteiger partial charge in [0.15, 0.2) is 0 Å². The van der Waals surface area contributed by atoms with Crippen molar-refractivity contribution in [3.05, 3.63) is 0 Å². The zero-order valence-corrected chi connectivity index (χ0v) is 20.1. The molecule has 0 fully saturated rings. The Morgan fingerprint density at radius 1 is 0.800 bits per heavy atom. The lowest BCUT2D eigenvalue weighted by Crippen LogP contribution is -2.57. The first-order valence-electron chi connectivity index (χ1n) is 11.4. The van der Waals surface area contributed by atoms with Gasteiger partial charge in [-0.2, -0.15) is 0 Å². The average Bonchev–Trinajstić information content (AvgIpc) is 2.74. The van der Waals surface area contributed by atoms with Crippen LogP contribution in [-0.4, -0.2) is 76.5 Å². The van der Waals surface area contributed by atoms with E-state index in [9.17, 15) is 33.9 Å². The number of nitrogens with one attached hydrogen (secondary N) is 3. The maximum atomic E-state index is 13.0. The van der Waals surface area contributed by atoms with Crippen LogP contribution in [0.1, 0.15) is 58.8 Å². The Labute approximate surface area is 203 Å². The summed E-state index contributed by atoms with van der Waals surface area (Å²) in [6.45, 7) is 3.95. The molecule has 14 heteroatoms. The van der Waals surface area contributed by atoms with Gasteiger partial charge in [0.05, 0.1) is 12.5 Å². The van der Waals surface area contributed by atoms with E-state index in [-0.39, 0.29) is 31.6 Å². The van der Waals surface area contributed by atoms with Crippen molar-refractivity contribution in [2.75, 3.05) is 6.54 Å². The van der Waals surface area contributed by atoms with Gasteiger partial charge in [0.25, 0.3) is 0 Å². The second kappa shape index (κ2) is 16.4. The predicted molar refractivity (Wildman–Crippen MR) is 124 cm³/mol. The fourth-order valence-corrected chi connectivity index (χ4v) is 3.10. The number of hydrogen-bond acceptors (Lipinski definition) is 8. The van der Waals surface area contributed by atoms with Crippen molar-refractivity contribution in [1.29, 1.82) is 0 Å². The predicted octanol–water partition coefficient (Wildman–Crippen LogP) is -2.23. The van der Waals surface area contributed by atoms with E-state index in [1.54, 1.807) is 0 Å². The van der Waals surface area contributed by atoms with Crippen LogP contribution in [0.15, 0.2) is 0 Å². The van der Waals surface area contributed by atoms with Crippen molar-refractivity contribution in [1.82, 2.24) is 16.0 Å². The largest absolute Gasteiger partial charge is 0.481 e. The van der Waals surface area contributed by atoms with Crippen molar-refractivity contribution >= 4 is 35.6 Å². The SMILES string of the molecule is CC(C)CC(NC(=O)C(N)CCC(=O)O)C(=O)NC(CCCCN)C(=O)NC(CC(N)=O)C(=O)O. The average molecular weight is 503 g/mol. The maximum Gasteiger partial charge on any atom is 0.326 e. The number of carboxylic acid groups (broad SMARTS) is 2. The van der Waals surface area contributed by atoms with Gasteiger partial charge in [0.2, 0.25) is 23.6 Å². The lowest BCUT2D eigenvalue weighted by Gasteiger charge is -2.26. The number of carbonyl (C=O) groups excluding carboxylic acids is 4. The number of rotatable bonds is 18. The molecule has 0 aliphatic rings. The highest BCUT2D eigenvalue weighted by Crippen LogP contribution is 2.09. The summed E-state index contributed by atoms with van der Waals surface area (Å²) in [4.78, 5) is 71.3. The van der Waals surface area contributed by atoms with Gasteiger partial charge in [-0.25, -0.2) is 4.79 Å². The molecule has 4 amide bonds. The number of nitrogens with two attached hydrogens (primary N) is 3. The van der Waals surface area contributed by atoms with Gasteiger partial charge in [-0.05, 0) is 44.6 Å². The summed E-state index contributed by atoms with van der Waals surface area (Å²) in [5, 5.41) is 25.2. The first-order valence-corrected chi connectivity index (χ1v) is 11.4. The lowest BCUT2D eigenvalue weighted by atomic mass is 10.0. The second-order valence-corrected chi connectivity index (χ2v) is 8.65. The van der Waals surface area contributed by atoms with E-state index in [4.69, 9.17) is 22.3 Å². The van der Waals surface area contributed by atoms with Crippen LogP contribution in [0.3, 0.4) is 0 Å². The fraction of sp³-hybridized carbons (Fsp3) is 0.714. The third kappa shape index (κ3) is 13.9. The minimum Gasteiger partial charge on any atom is -0.481 e. The van der Waals surface area contributed by atoms with Crippen LogP contribution in [0, 0.1) is 5.92 Å². The molecule has 0 aromatic heterocycles. The number of carboxylic acids is 2. The topological polar surface area (TPSA) is 257 Å². The molecule has 4 atom stereocenters. The molecule has 0 aliphatic heterocycles. The molecular formula is C21H38N6O8. The number of aliphatic carboxylic acids is 2. The summed E-state index contributed by atoms with van der Waals surface area (Å²) in [5.74, 6) is -5.82. The van der Waals surface area contributed by atoms with E-state index in [1.165, 1.54) is 0 Å². The Bertz CT molecular complexity index is 760. The molecule has 0 spiro atoms. The van der Waals surface area contributed by atoms with Crippen LogP contribution in [0.25, 0.3) is 0 Å². The summed E-state index contributed by atoms with van der Waals surface area (Å²) in [7, 11) is 0. The van der Waals surface area contributed by atoms with Gasteiger partial charge in [-0.3, -0.25) is 24.0 Å². The van der Waals surface area contributed by atoms with Gasteiger partial charge < -0.3 is 43.4 Å². The summed E-state index contributed by atoms with van der Waals surface area (Å²) in [5.41, 5.74) is 16.2. The minimum absolute atomic E-state index is 0.0437. The molecular weight excluding hydrogens is 464 g/mol. The third-order valence-electron chi connectivity index (χ3n) is 4.95. The first-order chi connectivity index (χ1) is 16.3. The van der Waals surface area contributed by atoms with Gasteiger partial charge in [-0.15, -0.1) is 0 Å². The number of primary amides is 1. The van der Waals surface area contributed by atoms with Crippen LogP contribution < -0.4 is 33.2 Å². The molecule has 0 radical (unpaired) electrons. The van der Waals surface area contributed by atoms with Crippen LogP contribution in [0.2, 0.25) is 0 Å². The summed E-state index contributed by atoms with van der Waals surface area (Å²) in [6.07, 6.45) is 0.202. The summed E-state index contributed by atoms with van der Waals surface area (Å²) in [6, 6.07) is -4.98. The van der Waals surface area contributed by atoms with Crippen LogP contribution in [-0.2, 0) is 28.8 Å². The van der Waals surface area contributed by atoms with Gasteiger partial charge >= 0.3 is 11.9 Å². The lowest BCUT2D eigenvalue weighted by molar-refractivity contribution is -0.144. The Hall–Kier alpha value is -3.26. The highest BCUT2D eigenvalue weighted by molar-refractivity contribution is 5.94. The van der Waals surface area contributed by atoms with Gasteiger partial charge in [0.1, 0.15) is 18.1 Å². The van der Waals surface area contributed by atoms with Crippen molar-refractivity contribution in [3.8, 4) is 0 Å². The number of carbonyl (C=O) groups is 6. The van der Waals surface area contributed by atoms with Crippen LogP contribution in [0.4, 0.5) is 0 Å². The molecule has 0 aromatic rings. The fourth-order valence-electron chi connectivity index (χ4n) is 3.10. The molecule has 0 saturated heterocycles. The molecule has 0 aliphatic carbocycles. The van der Waals surface area contributed by atoms with Crippen molar-refractivity contribution < 1.29 is 39.0 Å². The third-order valence-corrected chi connectivity index (χ3v) is 4.95. The Kier molecular flexibility index (Phi) is 14.9. The molecule has 0 saturated carbocycles. The molecule has 0 bridgehead atoms. The van der Waals surface area contributed by atoms with Crippen LogP contribution in [0.5, 0.6) is 0 Å². The normalized spacial score (nSPS) is 14.3. The summed E-state index contributed by atoms with van der Waals surface area (Å²) < 4.78 is 0. The van der Waals surface area contributed by atoms with E-state index in [0.29, 0.717) is 19.4 Å². The van der Waals surface area contributed by atoms with E-state index < -0.39 is 66.2 Å². The van der Waals surface area contributed by atoms with Crippen molar-refractivity contribution in [3.63, 3.8) is 0 Å². The highest BCUT2D eigenvalue weighted by Gasteiger charge is 2.31. The van der Waals surface area contributed by atoms with Crippen molar-refractivity contribution in [2.24, 2.45) is 23.1 Å². The molecule has 35 heavy (non-hydrogen) atoms. The Balaban J connectivity index is 5.51. The zero-order valence-electron chi connectivity index (χ0n) is 20.1. The quantitative estimate of drug-likeness (QED) is 0.0935. The smallest absolute Gasteiger partial charge is 0.326 e. The standard InChI is InChI=1S/C21H38N6O8/c1-11(2)9-14(26-18(31)12(23)6-7-17(29)30)20(33)25-13(5-3-4-8-22)19(32)27-15(21(34)35)10-16(24)28/h11-15H,3-10,22-23H2,1-2H3,(H2,24,28)(H,25,33)(H,26,31)(H,27,32)(H,29,30)(H,34,35). The highest BCUT2D eigenvalue weighted by atomic mass is 16.4. The zero-order chi connectivity index (χ0) is 27.1. The monoisotopic (exact) mass is 502 g/mol. The maximum absolute atomic E-state index is 13.0. The molecule has 200 valence electrons. The van der Waals surface area contributed by atoms with Crippen molar-refractivity contribution in [2.45, 2.75) is 83.0 Å². The van der Waals surface area contributed by atoms with E-state index in [0.717, 1.165) is 0 Å². The number of amides is 4. The molecule has 4 unspecified atom stereocenters. The van der Waals surface area contributed by atoms with Gasteiger partial charge in [0, 0.05) is 6.42 Å². The molecule has 0 heterocycles.